The molecule has 7 heteroatoms. The highest BCUT2D eigenvalue weighted by atomic mass is 32.2. The molecular weight excluding hydrogens is 392 g/mol. The molecule has 2 rings (SSSR count). The summed E-state index contributed by atoms with van der Waals surface area (Å²) in [6.45, 7) is 4.07. The molecule has 0 fully saturated rings. The van der Waals surface area contributed by atoms with Crippen LogP contribution in [0, 0.1) is 18.3 Å². The molecule has 0 N–H and O–H groups in total. The molecule has 5 nitrogen and oxygen atoms in total. The molecule has 0 saturated heterocycles. The zero-order chi connectivity index (χ0) is 20.4. The van der Waals surface area contributed by atoms with Crippen LogP contribution in [0.15, 0.2) is 46.5 Å². The molecule has 1 aromatic carbocycles. The maximum atomic E-state index is 12.1. The fourth-order valence-electron chi connectivity index (χ4n) is 2.87. The van der Waals surface area contributed by atoms with Crippen LogP contribution in [0.3, 0.4) is 0 Å². The molecule has 1 heterocycles. The number of hydrogen-bond donors (Lipinski definition) is 0. The molecule has 0 atom stereocenters. The predicted molar refractivity (Wildman–Crippen MR) is 116 cm³/mol. The third-order valence-corrected chi connectivity index (χ3v) is 6.30. The lowest BCUT2D eigenvalue weighted by Gasteiger charge is -2.07. The summed E-state index contributed by atoms with van der Waals surface area (Å²) in [5.41, 5.74) is 2.80. The lowest BCUT2D eigenvalue weighted by molar-refractivity contribution is 0.339. The number of oxime groups is 1. The average Bonchev–Trinajstić information content (AvgIpc) is 3.13. The second kappa shape index (κ2) is 11.1. The number of thioether (sulfide) groups is 1. The van der Waals surface area contributed by atoms with Crippen molar-refractivity contribution in [2.45, 2.75) is 52.4 Å². The van der Waals surface area contributed by atoms with E-state index in [2.05, 4.69) is 18.1 Å². The van der Waals surface area contributed by atoms with Crippen LogP contribution in [-0.2, 0) is 14.4 Å². The topological polar surface area (TPSA) is 79.5 Å². The number of nitriles is 1. The number of rotatable bonds is 10. The van der Waals surface area contributed by atoms with Crippen LogP contribution in [-0.4, -0.2) is 19.2 Å². The van der Waals surface area contributed by atoms with Gasteiger partial charge in [-0.1, -0.05) is 80.2 Å². The summed E-state index contributed by atoms with van der Waals surface area (Å²) in [6, 6.07) is 9.78. The van der Waals surface area contributed by atoms with Gasteiger partial charge in [-0.15, -0.1) is 0 Å². The van der Waals surface area contributed by atoms with E-state index in [9.17, 15) is 13.7 Å². The molecule has 0 amide bonds. The Hall–Kier alpha value is -2.04. The van der Waals surface area contributed by atoms with Crippen molar-refractivity contribution in [2.24, 2.45) is 5.16 Å². The number of unbranched alkanes of at least 4 members (excludes halogenated alkanes) is 5. The maximum Gasteiger partial charge on any atom is 0.328 e. The van der Waals surface area contributed by atoms with E-state index in [1.54, 1.807) is 11.5 Å². The highest BCUT2D eigenvalue weighted by Crippen LogP contribution is 2.32. The summed E-state index contributed by atoms with van der Waals surface area (Å²) >= 11 is 1.24. The number of nitrogens with zero attached hydrogens (tertiary/aromatic N) is 2. The summed E-state index contributed by atoms with van der Waals surface area (Å²) < 4.78 is 29.1. The van der Waals surface area contributed by atoms with Crippen molar-refractivity contribution in [1.29, 1.82) is 5.26 Å². The third-order valence-electron chi connectivity index (χ3n) is 4.42. The molecule has 150 valence electrons. The van der Waals surface area contributed by atoms with Gasteiger partial charge < -0.3 is 0 Å². The third kappa shape index (κ3) is 6.54. The first kappa shape index (κ1) is 22.3. The van der Waals surface area contributed by atoms with E-state index in [-0.39, 0.29) is 5.75 Å². The Kier molecular flexibility index (Phi) is 8.81. The zero-order valence-electron chi connectivity index (χ0n) is 16.3. The van der Waals surface area contributed by atoms with Crippen LogP contribution in [0.4, 0.5) is 0 Å². The molecule has 28 heavy (non-hydrogen) atoms. The van der Waals surface area contributed by atoms with Gasteiger partial charge in [0.2, 0.25) is 0 Å². The smallest absolute Gasteiger partial charge is 0.267 e. The molecule has 1 aromatic rings. The van der Waals surface area contributed by atoms with Crippen LogP contribution in [0.25, 0.3) is 5.57 Å². The van der Waals surface area contributed by atoms with Gasteiger partial charge in [-0.25, -0.2) is 0 Å². The summed E-state index contributed by atoms with van der Waals surface area (Å²) in [6.07, 6.45) is 7.70. The van der Waals surface area contributed by atoms with Gasteiger partial charge >= 0.3 is 10.1 Å². The predicted octanol–water partition coefficient (Wildman–Crippen LogP) is 5.55. The van der Waals surface area contributed by atoms with Gasteiger partial charge in [0.25, 0.3) is 0 Å². The van der Waals surface area contributed by atoms with Gasteiger partial charge in [0.15, 0.2) is 0 Å². The van der Waals surface area contributed by atoms with E-state index < -0.39 is 10.1 Å². The lowest BCUT2D eigenvalue weighted by atomic mass is 9.97. The number of aryl methyl sites for hydroxylation is 1. The Bertz CT molecular complexity index is 910. The molecule has 0 unspecified atom stereocenters. The molecule has 0 aliphatic carbocycles. The largest absolute Gasteiger partial charge is 0.328 e. The van der Waals surface area contributed by atoms with E-state index in [0.29, 0.717) is 22.6 Å². The van der Waals surface area contributed by atoms with Crippen molar-refractivity contribution >= 4 is 32.5 Å². The Morgan fingerprint density at radius 1 is 1.18 bits per heavy atom. The molecular formula is C21H26N2O3S2. The van der Waals surface area contributed by atoms with Crippen molar-refractivity contribution in [1.82, 2.24) is 0 Å². The van der Waals surface area contributed by atoms with Crippen LogP contribution in [0.1, 0.15) is 56.6 Å². The van der Waals surface area contributed by atoms with Crippen molar-refractivity contribution in [3.8, 4) is 6.07 Å². The Morgan fingerprint density at radius 3 is 2.61 bits per heavy atom. The number of benzene rings is 1. The minimum atomic E-state index is -3.72. The van der Waals surface area contributed by atoms with Gasteiger partial charge in [-0.05, 0) is 36.0 Å². The fraction of sp³-hybridized carbons (Fsp3) is 0.429. The second-order valence-electron chi connectivity index (χ2n) is 6.64. The number of hydrogen-bond acceptors (Lipinski definition) is 6. The highest BCUT2D eigenvalue weighted by Gasteiger charge is 2.20. The van der Waals surface area contributed by atoms with Gasteiger partial charge in [0, 0.05) is 5.57 Å². The zero-order valence-corrected chi connectivity index (χ0v) is 18.0. The van der Waals surface area contributed by atoms with Gasteiger partial charge in [-0.3, -0.25) is 4.28 Å². The van der Waals surface area contributed by atoms with E-state index in [1.165, 1.54) is 18.2 Å². The molecule has 0 saturated carbocycles. The van der Waals surface area contributed by atoms with Crippen molar-refractivity contribution < 1.29 is 12.7 Å². The molecule has 0 aromatic heterocycles. The van der Waals surface area contributed by atoms with Gasteiger partial charge in [0.05, 0.1) is 11.3 Å². The number of allylic oxidation sites excluding steroid dienone is 2. The Balaban J connectivity index is 2.07. The van der Waals surface area contributed by atoms with Crippen molar-refractivity contribution in [3.63, 3.8) is 0 Å². The Morgan fingerprint density at radius 2 is 1.89 bits per heavy atom. The molecule has 0 bridgehead atoms. The van der Waals surface area contributed by atoms with Gasteiger partial charge in [-0.2, -0.15) is 13.7 Å². The minimum Gasteiger partial charge on any atom is -0.267 e. The van der Waals surface area contributed by atoms with E-state index in [0.717, 1.165) is 36.8 Å². The first-order chi connectivity index (χ1) is 13.5. The van der Waals surface area contributed by atoms with E-state index >= 15 is 0 Å². The highest BCUT2D eigenvalue weighted by molar-refractivity contribution is 8.17. The first-order valence-corrected chi connectivity index (χ1v) is 12.0. The normalized spacial score (nSPS) is 17.0. The van der Waals surface area contributed by atoms with E-state index in [4.69, 9.17) is 4.28 Å². The molecule has 1 aliphatic rings. The molecule has 0 radical (unpaired) electrons. The summed E-state index contributed by atoms with van der Waals surface area (Å²) in [7, 11) is -3.72. The monoisotopic (exact) mass is 418 g/mol. The maximum absolute atomic E-state index is 12.1. The summed E-state index contributed by atoms with van der Waals surface area (Å²) in [4.78, 5) is 0. The molecule has 1 aliphatic heterocycles. The standard InChI is InChI=1S/C21H26N2O3S2/c1-3-4-5-6-7-10-15-28(24,25)26-23-21-19(13-14-27-21)20(16-22)18-12-9-8-11-17(18)2/h8-9,11-14H,3-7,10,15H2,1-2H3/b20-19+,23-21+. The van der Waals surface area contributed by atoms with Crippen molar-refractivity contribution in [3.05, 3.63) is 52.4 Å². The summed E-state index contributed by atoms with van der Waals surface area (Å²) in [5, 5.41) is 15.7. The van der Waals surface area contributed by atoms with Crippen LogP contribution in [0.5, 0.6) is 0 Å². The minimum absolute atomic E-state index is 0.0457. The fourth-order valence-corrected chi connectivity index (χ4v) is 4.45. The Labute approximate surface area is 172 Å². The first-order valence-electron chi connectivity index (χ1n) is 9.51. The van der Waals surface area contributed by atoms with Crippen LogP contribution >= 0.6 is 11.8 Å². The SMILES string of the molecule is CCCCCCCCS(=O)(=O)O/N=C1/SC=C/C1=C(/C#N)c1ccccc1C. The van der Waals surface area contributed by atoms with Crippen LogP contribution < -0.4 is 0 Å². The van der Waals surface area contributed by atoms with Crippen molar-refractivity contribution in [2.75, 3.05) is 5.75 Å². The van der Waals surface area contributed by atoms with Crippen LogP contribution in [0.2, 0.25) is 0 Å². The molecule has 0 spiro atoms. The second-order valence-corrected chi connectivity index (χ2v) is 9.20. The average molecular weight is 419 g/mol. The van der Waals surface area contributed by atoms with Gasteiger partial charge in [0.1, 0.15) is 11.1 Å². The van der Waals surface area contributed by atoms with E-state index in [1.807, 2.05) is 31.2 Å². The lowest BCUT2D eigenvalue weighted by Crippen LogP contribution is -2.09. The summed E-state index contributed by atoms with van der Waals surface area (Å²) in [5.74, 6) is -0.0457. The quantitative estimate of drug-likeness (QED) is 0.283.